The van der Waals surface area contributed by atoms with Gasteiger partial charge in [-0.1, -0.05) is 6.92 Å². The first-order valence-corrected chi connectivity index (χ1v) is 5.81. The minimum atomic E-state index is -0.0232. The number of pyridine rings is 1. The average molecular weight is 231 g/mol. The molecule has 0 unspecified atom stereocenters. The molecule has 0 spiro atoms. The fraction of sp³-hybridized carbons (Fsp3) is 0.462. The largest absolute Gasteiger partial charge is 0.352 e. The lowest BCUT2D eigenvalue weighted by molar-refractivity contribution is -0.121. The van der Waals surface area contributed by atoms with E-state index in [0.29, 0.717) is 19.3 Å². The highest BCUT2D eigenvalue weighted by Gasteiger charge is 2.09. The molecule has 1 N–H and O–H groups in total. The van der Waals surface area contributed by atoms with Crippen molar-refractivity contribution in [3.05, 3.63) is 30.1 Å². The molecule has 1 atom stereocenters. The highest BCUT2D eigenvalue weighted by molar-refractivity contribution is 5.76. The Morgan fingerprint density at radius 2 is 2.24 bits per heavy atom. The van der Waals surface area contributed by atoms with E-state index in [2.05, 4.69) is 16.4 Å². The van der Waals surface area contributed by atoms with Crippen molar-refractivity contribution in [3.63, 3.8) is 0 Å². The van der Waals surface area contributed by atoms with Gasteiger partial charge in [-0.25, -0.2) is 0 Å². The van der Waals surface area contributed by atoms with Gasteiger partial charge in [0.25, 0.3) is 0 Å². The molecule has 0 aromatic carbocycles. The Balaban J connectivity index is 2.33. The first kappa shape index (κ1) is 13.2. The summed E-state index contributed by atoms with van der Waals surface area (Å²) in [6, 6.07) is 5.86. The van der Waals surface area contributed by atoms with Crippen molar-refractivity contribution in [2.24, 2.45) is 0 Å². The fourth-order valence-corrected chi connectivity index (χ4v) is 1.51. The van der Waals surface area contributed by atoms with E-state index in [9.17, 15) is 4.79 Å². The molecule has 1 heterocycles. The number of aromatic nitrogens is 1. The van der Waals surface area contributed by atoms with Crippen LogP contribution in [0.25, 0.3) is 0 Å². The lowest BCUT2D eigenvalue weighted by atomic mass is 10.1. The molecule has 1 rings (SSSR count). The molecule has 0 fully saturated rings. The van der Waals surface area contributed by atoms with Gasteiger partial charge in [0, 0.05) is 24.9 Å². The zero-order chi connectivity index (χ0) is 12.5. The van der Waals surface area contributed by atoms with Crippen molar-refractivity contribution < 1.29 is 4.79 Å². The fourth-order valence-electron chi connectivity index (χ4n) is 1.51. The van der Waals surface area contributed by atoms with Crippen LogP contribution in [-0.2, 0) is 11.2 Å². The monoisotopic (exact) mass is 231 g/mol. The molecule has 17 heavy (non-hydrogen) atoms. The van der Waals surface area contributed by atoms with Gasteiger partial charge in [0.15, 0.2) is 0 Å². The molecule has 4 heteroatoms. The van der Waals surface area contributed by atoms with E-state index < -0.39 is 0 Å². The highest BCUT2D eigenvalue weighted by atomic mass is 16.1. The summed E-state index contributed by atoms with van der Waals surface area (Å²) in [5.74, 6) is 0.00362. The van der Waals surface area contributed by atoms with Gasteiger partial charge in [0.05, 0.1) is 12.5 Å². The van der Waals surface area contributed by atoms with Crippen LogP contribution >= 0.6 is 0 Å². The molecule has 0 bridgehead atoms. The number of amides is 1. The third kappa shape index (κ3) is 5.12. The van der Waals surface area contributed by atoms with E-state index >= 15 is 0 Å². The summed E-state index contributed by atoms with van der Waals surface area (Å²) in [5.41, 5.74) is 1.10. The SMILES string of the molecule is CC[C@H](CC#N)NC(=O)CCc1ccncc1. The topological polar surface area (TPSA) is 65.8 Å². The van der Waals surface area contributed by atoms with E-state index in [-0.39, 0.29) is 11.9 Å². The second-order valence-electron chi connectivity index (χ2n) is 3.89. The number of carbonyl (C=O) groups is 1. The van der Waals surface area contributed by atoms with Crippen LogP contribution in [0.2, 0.25) is 0 Å². The van der Waals surface area contributed by atoms with Crippen LogP contribution in [0.4, 0.5) is 0 Å². The van der Waals surface area contributed by atoms with Crippen LogP contribution in [0.5, 0.6) is 0 Å². The quantitative estimate of drug-likeness (QED) is 0.812. The number of hydrogen-bond donors (Lipinski definition) is 1. The number of carbonyl (C=O) groups excluding carboxylic acids is 1. The average Bonchev–Trinajstić information content (AvgIpc) is 2.37. The maximum atomic E-state index is 11.6. The predicted octanol–water partition coefficient (Wildman–Crippen LogP) is 1.82. The summed E-state index contributed by atoms with van der Waals surface area (Å²) >= 11 is 0. The van der Waals surface area contributed by atoms with Gasteiger partial charge in [0.1, 0.15) is 0 Å². The number of rotatable bonds is 6. The van der Waals surface area contributed by atoms with E-state index in [1.165, 1.54) is 0 Å². The lowest BCUT2D eigenvalue weighted by Gasteiger charge is -2.13. The van der Waals surface area contributed by atoms with Gasteiger partial charge in [-0.2, -0.15) is 5.26 Å². The van der Waals surface area contributed by atoms with Gasteiger partial charge in [-0.15, -0.1) is 0 Å². The minimum absolute atomic E-state index is 0.00362. The molecule has 90 valence electrons. The molecule has 0 aliphatic heterocycles. The Morgan fingerprint density at radius 1 is 1.53 bits per heavy atom. The van der Waals surface area contributed by atoms with Gasteiger partial charge < -0.3 is 5.32 Å². The first-order chi connectivity index (χ1) is 8.26. The summed E-state index contributed by atoms with van der Waals surface area (Å²) in [7, 11) is 0. The van der Waals surface area contributed by atoms with Crippen LogP contribution in [0.3, 0.4) is 0 Å². The van der Waals surface area contributed by atoms with Crippen LogP contribution in [0.15, 0.2) is 24.5 Å². The maximum Gasteiger partial charge on any atom is 0.220 e. The summed E-state index contributed by atoms with van der Waals surface area (Å²) in [6.45, 7) is 1.96. The smallest absolute Gasteiger partial charge is 0.220 e. The van der Waals surface area contributed by atoms with Crippen LogP contribution in [0, 0.1) is 11.3 Å². The molecule has 1 aromatic rings. The predicted molar refractivity (Wildman–Crippen MR) is 65.0 cm³/mol. The lowest BCUT2D eigenvalue weighted by Crippen LogP contribution is -2.34. The molecule has 0 radical (unpaired) electrons. The van der Waals surface area contributed by atoms with Gasteiger partial charge in [-0.05, 0) is 30.5 Å². The summed E-state index contributed by atoms with van der Waals surface area (Å²) < 4.78 is 0. The number of hydrogen-bond acceptors (Lipinski definition) is 3. The van der Waals surface area contributed by atoms with Crippen molar-refractivity contribution in [2.75, 3.05) is 0 Å². The molecule has 0 aliphatic rings. The number of nitrogens with zero attached hydrogens (tertiary/aromatic N) is 2. The molecule has 1 amide bonds. The standard InChI is InChI=1S/C13H17N3O/c1-2-12(5-8-14)16-13(17)4-3-11-6-9-15-10-7-11/h6-7,9-10,12H,2-5H2,1H3,(H,16,17)/t12-/m1/s1. The summed E-state index contributed by atoms with van der Waals surface area (Å²) in [5, 5.41) is 11.4. The second-order valence-corrected chi connectivity index (χ2v) is 3.89. The Labute approximate surface area is 102 Å². The Bertz CT molecular complexity index is 383. The highest BCUT2D eigenvalue weighted by Crippen LogP contribution is 2.02. The molecule has 4 nitrogen and oxygen atoms in total. The van der Waals surface area contributed by atoms with E-state index in [1.54, 1.807) is 12.4 Å². The maximum absolute atomic E-state index is 11.6. The van der Waals surface area contributed by atoms with Gasteiger partial charge in [0.2, 0.25) is 5.91 Å². The number of nitriles is 1. The van der Waals surface area contributed by atoms with Crippen molar-refractivity contribution in [1.82, 2.24) is 10.3 Å². The molecule has 1 aromatic heterocycles. The summed E-state index contributed by atoms with van der Waals surface area (Å²) in [6.07, 6.45) is 5.75. The molecular weight excluding hydrogens is 214 g/mol. The Hall–Kier alpha value is -1.89. The summed E-state index contributed by atoms with van der Waals surface area (Å²) in [4.78, 5) is 15.5. The molecule has 0 saturated carbocycles. The third-order valence-corrected chi connectivity index (χ3v) is 2.59. The van der Waals surface area contributed by atoms with Crippen molar-refractivity contribution in [1.29, 1.82) is 5.26 Å². The Kier molecular flexibility index (Phi) is 5.73. The minimum Gasteiger partial charge on any atom is -0.352 e. The second kappa shape index (κ2) is 7.39. The van der Waals surface area contributed by atoms with E-state index in [4.69, 9.17) is 5.26 Å². The molecule has 0 aliphatic carbocycles. The van der Waals surface area contributed by atoms with Gasteiger partial charge >= 0.3 is 0 Å². The van der Waals surface area contributed by atoms with Crippen molar-refractivity contribution in [3.8, 4) is 6.07 Å². The van der Waals surface area contributed by atoms with Crippen molar-refractivity contribution >= 4 is 5.91 Å². The van der Waals surface area contributed by atoms with Crippen LogP contribution in [0.1, 0.15) is 31.7 Å². The zero-order valence-electron chi connectivity index (χ0n) is 10.0. The normalized spacial score (nSPS) is 11.5. The van der Waals surface area contributed by atoms with E-state index in [1.807, 2.05) is 19.1 Å². The number of aryl methyl sites for hydroxylation is 1. The Morgan fingerprint density at radius 3 is 2.82 bits per heavy atom. The van der Waals surface area contributed by atoms with Crippen LogP contribution in [-0.4, -0.2) is 16.9 Å². The van der Waals surface area contributed by atoms with Crippen molar-refractivity contribution in [2.45, 2.75) is 38.6 Å². The number of nitrogens with one attached hydrogen (secondary N) is 1. The third-order valence-electron chi connectivity index (χ3n) is 2.59. The van der Waals surface area contributed by atoms with Gasteiger partial charge in [-0.3, -0.25) is 9.78 Å². The first-order valence-electron chi connectivity index (χ1n) is 5.81. The van der Waals surface area contributed by atoms with E-state index in [0.717, 1.165) is 12.0 Å². The molecular formula is C13H17N3O. The van der Waals surface area contributed by atoms with Crippen LogP contribution < -0.4 is 5.32 Å². The molecule has 0 saturated heterocycles. The zero-order valence-corrected chi connectivity index (χ0v) is 10.0.